The first-order valence-electron chi connectivity index (χ1n) is 6.31. The van der Waals surface area contributed by atoms with Gasteiger partial charge >= 0.3 is 0 Å². The highest BCUT2D eigenvalue weighted by Gasteiger charge is 2.08. The Kier molecular flexibility index (Phi) is 5.05. The van der Waals surface area contributed by atoms with Crippen molar-refractivity contribution in [3.8, 4) is 0 Å². The zero-order valence-corrected chi connectivity index (χ0v) is 12.6. The lowest BCUT2D eigenvalue weighted by Gasteiger charge is -2.09. The molecule has 0 aliphatic carbocycles. The Morgan fingerprint density at radius 1 is 1.10 bits per heavy atom. The highest BCUT2D eigenvalue weighted by atomic mass is 35.5. The van der Waals surface area contributed by atoms with E-state index in [4.69, 9.17) is 23.2 Å². The van der Waals surface area contributed by atoms with Crippen molar-refractivity contribution >= 4 is 29.1 Å². The van der Waals surface area contributed by atoms with E-state index >= 15 is 0 Å². The average Bonchev–Trinajstić information content (AvgIpc) is 2.41. The number of benzene rings is 2. The maximum absolute atomic E-state index is 11.9. The van der Waals surface area contributed by atoms with Crippen LogP contribution in [0.15, 0.2) is 42.5 Å². The number of carbonyl (C=O) groups is 1. The van der Waals surface area contributed by atoms with E-state index in [2.05, 4.69) is 5.32 Å². The first kappa shape index (κ1) is 14.9. The lowest BCUT2D eigenvalue weighted by Crippen LogP contribution is -2.25. The molecule has 2 aromatic carbocycles. The second-order valence-corrected chi connectivity index (χ2v) is 5.46. The van der Waals surface area contributed by atoms with Gasteiger partial charge in [-0.2, -0.15) is 0 Å². The van der Waals surface area contributed by atoms with Crippen molar-refractivity contribution in [2.75, 3.05) is 0 Å². The molecule has 0 radical (unpaired) electrons. The summed E-state index contributed by atoms with van der Waals surface area (Å²) in [6.45, 7) is 2.55. The van der Waals surface area contributed by atoms with Crippen LogP contribution in [0.1, 0.15) is 16.7 Å². The first-order chi connectivity index (χ1) is 9.56. The lowest BCUT2D eigenvalue weighted by atomic mass is 10.1. The first-order valence-corrected chi connectivity index (χ1v) is 7.07. The van der Waals surface area contributed by atoms with Gasteiger partial charge in [0.2, 0.25) is 5.91 Å². The molecule has 20 heavy (non-hydrogen) atoms. The molecule has 0 fully saturated rings. The molecule has 2 aromatic rings. The van der Waals surface area contributed by atoms with Gasteiger partial charge in [0.1, 0.15) is 0 Å². The molecule has 0 saturated heterocycles. The normalized spacial score (nSPS) is 10.3. The van der Waals surface area contributed by atoms with Gasteiger partial charge in [-0.05, 0) is 35.7 Å². The number of hydrogen-bond acceptors (Lipinski definition) is 1. The number of carbonyl (C=O) groups excluding carboxylic acids is 1. The van der Waals surface area contributed by atoms with Crippen molar-refractivity contribution in [1.29, 1.82) is 0 Å². The van der Waals surface area contributed by atoms with Crippen LogP contribution >= 0.6 is 23.2 Å². The summed E-state index contributed by atoms with van der Waals surface area (Å²) < 4.78 is 0. The summed E-state index contributed by atoms with van der Waals surface area (Å²) in [6, 6.07) is 13.1. The number of nitrogens with one attached hydrogen (secondary N) is 1. The number of rotatable bonds is 4. The molecule has 1 amide bonds. The smallest absolute Gasteiger partial charge is 0.224 e. The molecular formula is C16H15Cl2NO. The summed E-state index contributed by atoms with van der Waals surface area (Å²) in [5.74, 6) is -0.0579. The van der Waals surface area contributed by atoms with Crippen LogP contribution in [-0.4, -0.2) is 5.91 Å². The van der Waals surface area contributed by atoms with E-state index in [1.807, 2.05) is 31.2 Å². The minimum atomic E-state index is -0.0579. The molecule has 2 rings (SSSR count). The Morgan fingerprint density at radius 3 is 2.55 bits per heavy atom. The van der Waals surface area contributed by atoms with Crippen LogP contribution in [-0.2, 0) is 17.8 Å². The zero-order chi connectivity index (χ0) is 14.5. The van der Waals surface area contributed by atoms with Crippen molar-refractivity contribution in [3.05, 3.63) is 69.2 Å². The van der Waals surface area contributed by atoms with E-state index in [0.29, 0.717) is 16.6 Å². The zero-order valence-electron chi connectivity index (χ0n) is 11.1. The van der Waals surface area contributed by atoms with E-state index in [1.54, 1.807) is 18.2 Å². The molecule has 4 heteroatoms. The van der Waals surface area contributed by atoms with Crippen molar-refractivity contribution in [1.82, 2.24) is 5.32 Å². The minimum absolute atomic E-state index is 0.0579. The highest BCUT2D eigenvalue weighted by molar-refractivity contribution is 6.35. The molecule has 1 N–H and O–H groups in total. The lowest BCUT2D eigenvalue weighted by molar-refractivity contribution is -0.120. The number of amides is 1. The summed E-state index contributed by atoms with van der Waals surface area (Å²) in [6.07, 6.45) is 0.252. The number of hydrogen-bond donors (Lipinski definition) is 1. The second kappa shape index (κ2) is 6.78. The van der Waals surface area contributed by atoms with Crippen LogP contribution in [0.2, 0.25) is 10.0 Å². The summed E-state index contributed by atoms with van der Waals surface area (Å²) in [5.41, 5.74) is 3.05. The van der Waals surface area contributed by atoms with Crippen molar-refractivity contribution in [3.63, 3.8) is 0 Å². The minimum Gasteiger partial charge on any atom is -0.352 e. The summed E-state index contributed by atoms with van der Waals surface area (Å²) in [4.78, 5) is 11.9. The van der Waals surface area contributed by atoms with Crippen LogP contribution in [0.5, 0.6) is 0 Å². The third-order valence-electron chi connectivity index (χ3n) is 3.10. The molecule has 104 valence electrons. The SMILES string of the molecule is Cc1ccccc1CNC(=O)Cc1ccc(Cl)cc1Cl. The predicted molar refractivity (Wildman–Crippen MR) is 83.2 cm³/mol. The fraction of sp³-hybridized carbons (Fsp3) is 0.188. The maximum Gasteiger partial charge on any atom is 0.224 e. The summed E-state index contributed by atoms with van der Waals surface area (Å²) in [5, 5.41) is 3.99. The summed E-state index contributed by atoms with van der Waals surface area (Å²) >= 11 is 11.9. The fourth-order valence-electron chi connectivity index (χ4n) is 1.90. The molecule has 0 heterocycles. The van der Waals surface area contributed by atoms with Gasteiger partial charge in [0.25, 0.3) is 0 Å². The molecule has 2 nitrogen and oxygen atoms in total. The van der Waals surface area contributed by atoms with Crippen molar-refractivity contribution in [2.24, 2.45) is 0 Å². The molecule has 0 aromatic heterocycles. The van der Waals surface area contributed by atoms with Crippen LogP contribution in [0, 0.1) is 6.92 Å². The molecule has 0 aliphatic heterocycles. The number of aryl methyl sites for hydroxylation is 1. The Morgan fingerprint density at radius 2 is 1.85 bits per heavy atom. The highest BCUT2D eigenvalue weighted by Crippen LogP contribution is 2.21. The van der Waals surface area contributed by atoms with Gasteiger partial charge in [0.05, 0.1) is 6.42 Å². The van der Waals surface area contributed by atoms with E-state index < -0.39 is 0 Å². The predicted octanol–water partition coefficient (Wildman–Crippen LogP) is 4.16. The fourth-order valence-corrected chi connectivity index (χ4v) is 2.38. The van der Waals surface area contributed by atoms with E-state index in [0.717, 1.165) is 16.7 Å². The van der Waals surface area contributed by atoms with Gasteiger partial charge in [0.15, 0.2) is 0 Å². The van der Waals surface area contributed by atoms with E-state index in [1.165, 1.54) is 0 Å². The third-order valence-corrected chi connectivity index (χ3v) is 3.69. The molecule has 0 saturated carbocycles. The molecule has 0 atom stereocenters. The van der Waals surface area contributed by atoms with Crippen LogP contribution in [0.25, 0.3) is 0 Å². The monoisotopic (exact) mass is 307 g/mol. The van der Waals surface area contributed by atoms with Gasteiger partial charge in [0, 0.05) is 16.6 Å². The van der Waals surface area contributed by atoms with Crippen molar-refractivity contribution in [2.45, 2.75) is 19.9 Å². The van der Waals surface area contributed by atoms with E-state index in [-0.39, 0.29) is 12.3 Å². The Hall–Kier alpha value is -1.51. The molecule has 0 spiro atoms. The summed E-state index contributed by atoms with van der Waals surface area (Å²) in [7, 11) is 0. The van der Waals surface area contributed by atoms with Gasteiger partial charge in [-0.1, -0.05) is 53.5 Å². The van der Waals surface area contributed by atoms with Crippen LogP contribution in [0.3, 0.4) is 0 Å². The quantitative estimate of drug-likeness (QED) is 0.903. The maximum atomic E-state index is 11.9. The molecule has 0 aliphatic rings. The number of halogens is 2. The Bertz CT molecular complexity index is 626. The van der Waals surface area contributed by atoms with Gasteiger partial charge < -0.3 is 5.32 Å². The standard InChI is InChI=1S/C16H15Cl2NO/c1-11-4-2-3-5-13(11)10-19-16(20)8-12-6-7-14(17)9-15(12)18/h2-7,9H,8,10H2,1H3,(H,19,20). The average molecular weight is 308 g/mol. The second-order valence-electron chi connectivity index (χ2n) is 4.62. The Balaban J connectivity index is 1.94. The Labute approximate surface area is 128 Å². The van der Waals surface area contributed by atoms with Crippen LogP contribution < -0.4 is 5.32 Å². The van der Waals surface area contributed by atoms with Gasteiger partial charge in [-0.15, -0.1) is 0 Å². The molecule has 0 unspecified atom stereocenters. The largest absolute Gasteiger partial charge is 0.352 e. The van der Waals surface area contributed by atoms with E-state index in [9.17, 15) is 4.79 Å². The molecule has 0 bridgehead atoms. The third kappa shape index (κ3) is 3.99. The van der Waals surface area contributed by atoms with Crippen LogP contribution in [0.4, 0.5) is 0 Å². The molecular weight excluding hydrogens is 293 g/mol. The topological polar surface area (TPSA) is 29.1 Å². The van der Waals surface area contributed by atoms with Crippen molar-refractivity contribution < 1.29 is 4.79 Å². The van der Waals surface area contributed by atoms with Gasteiger partial charge in [-0.25, -0.2) is 0 Å². The van der Waals surface area contributed by atoms with Gasteiger partial charge in [-0.3, -0.25) is 4.79 Å².